The van der Waals surface area contributed by atoms with Gasteiger partial charge in [0.15, 0.2) is 0 Å². The number of benzene rings is 1. The second-order valence-electron chi connectivity index (χ2n) is 3.66. The van der Waals surface area contributed by atoms with Gasteiger partial charge in [-0.05, 0) is 18.2 Å². The van der Waals surface area contributed by atoms with Crippen molar-refractivity contribution in [2.75, 3.05) is 18.5 Å². The molecule has 2 rings (SSSR count). The van der Waals surface area contributed by atoms with Crippen LogP contribution in [0.15, 0.2) is 24.3 Å². The third-order valence-corrected chi connectivity index (χ3v) is 2.73. The van der Waals surface area contributed by atoms with Gasteiger partial charge in [-0.15, -0.1) is 0 Å². The number of amides is 3. The van der Waals surface area contributed by atoms with Crippen molar-refractivity contribution in [3.05, 3.63) is 29.3 Å². The van der Waals surface area contributed by atoms with Crippen LogP contribution in [0.2, 0.25) is 5.02 Å². The van der Waals surface area contributed by atoms with Crippen LogP contribution in [0.3, 0.4) is 0 Å². The number of hydrogen-bond acceptors (Lipinski definition) is 2. The van der Waals surface area contributed by atoms with E-state index in [1.807, 2.05) is 0 Å². The smallest absolute Gasteiger partial charge is 0.327 e. The summed E-state index contributed by atoms with van der Waals surface area (Å²) >= 11 is 5.83. The topological polar surface area (TPSA) is 40.6 Å². The molecule has 0 atom stereocenters. The highest BCUT2D eigenvalue weighted by molar-refractivity contribution is 6.31. The lowest BCUT2D eigenvalue weighted by Crippen LogP contribution is -2.50. The van der Waals surface area contributed by atoms with Crippen LogP contribution in [-0.2, 0) is 4.79 Å². The average Bonchev–Trinajstić information content (AvgIpc) is 2.24. The van der Waals surface area contributed by atoms with Gasteiger partial charge in [-0.3, -0.25) is 4.79 Å². The molecule has 0 bridgehead atoms. The van der Waals surface area contributed by atoms with Gasteiger partial charge in [0.2, 0.25) is 5.91 Å². The molecule has 1 aliphatic rings. The predicted octanol–water partition coefficient (Wildman–Crippen LogP) is 2.13. The van der Waals surface area contributed by atoms with Crippen LogP contribution < -0.4 is 4.90 Å². The minimum Gasteiger partial charge on any atom is -0.327 e. The molecule has 0 aromatic heterocycles. The zero-order valence-electron chi connectivity index (χ0n) is 8.81. The fraction of sp³-hybridized carbons (Fsp3) is 0.273. The summed E-state index contributed by atoms with van der Waals surface area (Å²) in [7, 11) is 1.67. The van der Waals surface area contributed by atoms with Gasteiger partial charge in [-0.1, -0.05) is 17.7 Å². The number of urea groups is 1. The maximum atomic E-state index is 11.8. The van der Waals surface area contributed by atoms with Crippen LogP contribution in [0.4, 0.5) is 10.5 Å². The molecule has 0 unspecified atom stereocenters. The van der Waals surface area contributed by atoms with Crippen molar-refractivity contribution in [2.45, 2.75) is 6.42 Å². The molecule has 0 spiro atoms. The number of hydrogen-bond donors (Lipinski definition) is 0. The van der Waals surface area contributed by atoms with E-state index in [9.17, 15) is 9.59 Å². The Morgan fingerprint density at radius 2 is 2.06 bits per heavy atom. The first kappa shape index (κ1) is 11.0. The lowest BCUT2D eigenvalue weighted by atomic mass is 10.2. The van der Waals surface area contributed by atoms with Crippen LogP contribution in [0.25, 0.3) is 0 Å². The van der Waals surface area contributed by atoms with E-state index in [0.29, 0.717) is 23.7 Å². The molecule has 0 aliphatic carbocycles. The molecule has 84 valence electrons. The summed E-state index contributed by atoms with van der Waals surface area (Å²) in [6.07, 6.45) is 0.342. The van der Waals surface area contributed by atoms with Gasteiger partial charge in [0.25, 0.3) is 0 Å². The second-order valence-corrected chi connectivity index (χ2v) is 4.10. The Balaban J connectivity index is 2.37. The molecule has 4 nitrogen and oxygen atoms in total. The highest BCUT2D eigenvalue weighted by Gasteiger charge is 2.30. The Morgan fingerprint density at radius 1 is 1.31 bits per heavy atom. The normalized spacial score (nSPS) is 16.9. The van der Waals surface area contributed by atoms with Gasteiger partial charge in [0.05, 0.1) is 5.69 Å². The molecular weight excluding hydrogens is 228 g/mol. The molecule has 16 heavy (non-hydrogen) atoms. The summed E-state index contributed by atoms with van der Waals surface area (Å²) in [6.45, 7) is 0.467. The van der Waals surface area contributed by atoms with Crippen molar-refractivity contribution in [3.8, 4) is 0 Å². The van der Waals surface area contributed by atoms with E-state index >= 15 is 0 Å². The van der Waals surface area contributed by atoms with Crippen LogP contribution in [0.5, 0.6) is 0 Å². The monoisotopic (exact) mass is 238 g/mol. The van der Waals surface area contributed by atoms with E-state index in [1.165, 1.54) is 4.90 Å². The Hall–Kier alpha value is -1.55. The first-order valence-electron chi connectivity index (χ1n) is 4.93. The molecule has 1 fully saturated rings. The molecular formula is C11H11ClN2O2. The summed E-state index contributed by atoms with van der Waals surface area (Å²) in [5, 5.41) is 0.506. The third-order valence-electron chi connectivity index (χ3n) is 2.49. The zero-order valence-corrected chi connectivity index (χ0v) is 9.57. The fourth-order valence-electron chi connectivity index (χ4n) is 1.62. The molecule has 5 heteroatoms. The molecule has 0 saturated carbocycles. The highest BCUT2D eigenvalue weighted by atomic mass is 35.5. The van der Waals surface area contributed by atoms with E-state index in [-0.39, 0.29) is 11.9 Å². The third kappa shape index (κ3) is 1.88. The fourth-order valence-corrected chi connectivity index (χ4v) is 1.80. The lowest BCUT2D eigenvalue weighted by Gasteiger charge is -2.31. The quantitative estimate of drug-likeness (QED) is 0.752. The van der Waals surface area contributed by atoms with Crippen molar-refractivity contribution in [1.82, 2.24) is 4.90 Å². The van der Waals surface area contributed by atoms with Crippen LogP contribution in [-0.4, -0.2) is 30.4 Å². The van der Waals surface area contributed by atoms with E-state index in [4.69, 9.17) is 11.6 Å². The van der Waals surface area contributed by atoms with Gasteiger partial charge < -0.3 is 4.90 Å². The Kier molecular flexibility index (Phi) is 2.83. The molecule has 1 aliphatic heterocycles. The largest absolute Gasteiger partial charge is 0.331 e. The van der Waals surface area contributed by atoms with Crippen molar-refractivity contribution in [1.29, 1.82) is 0 Å². The minimum atomic E-state index is -0.307. The van der Waals surface area contributed by atoms with Gasteiger partial charge in [-0.2, -0.15) is 0 Å². The number of carbonyl (C=O) groups is 2. The molecule has 1 heterocycles. The van der Waals surface area contributed by atoms with Gasteiger partial charge >= 0.3 is 6.03 Å². The van der Waals surface area contributed by atoms with Crippen molar-refractivity contribution in [3.63, 3.8) is 0 Å². The van der Waals surface area contributed by atoms with Crippen molar-refractivity contribution < 1.29 is 9.59 Å². The molecule has 0 radical (unpaired) electrons. The van der Waals surface area contributed by atoms with Crippen LogP contribution in [0, 0.1) is 0 Å². The van der Waals surface area contributed by atoms with Gasteiger partial charge in [-0.25, -0.2) is 9.69 Å². The van der Waals surface area contributed by atoms with E-state index in [2.05, 4.69) is 0 Å². The number of rotatable bonds is 1. The van der Waals surface area contributed by atoms with Crippen LogP contribution >= 0.6 is 11.6 Å². The van der Waals surface area contributed by atoms with Crippen molar-refractivity contribution >= 4 is 29.2 Å². The first-order valence-corrected chi connectivity index (χ1v) is 5.31. The second kappa shape index (κ2) is 4.14. The van der Waals surface area contributed by atoms with E-state index in [1.54, 1.807) is 31.3 Å². The molecule has 1 aromatic carbocycles. The Labute approximate surface area is 98.4 Å². The van der Waals surface area contributed by atoms with E-state index in [0.717, 1.165) is 4.90 Å². The van der Waals surface area contributed by atoms with Gasteiger partial charge in [0.1, 0.15) is 0 Å². The van der Waals surface area contributed by atoms with E-state index < -0.39 is 0 Å². The highest BCUT2D eigenvalue weighted by Crippen LogP contribution is 2.23. The molecule has 3 amide bonds. The number of carbonyl (C=O) groups excluding carboxylic acids is 2. The minimum absolute atomic E-state index is 0.189. The molecule has 0 N–H and O–H groups in total. The summed E-state index contributed by atoms with van der Waals surface area (Å²) < 4.78 is 0. The van der Waals surface area contributed by atoms with Gasteiger partial charge in [0, 0.05) is 25.0 Å². The molecule has 1 saturated heterocycles. The summed E-state index contributed by atoms with van der Waals surface area (Å²) in [5.74, 6) is -0.189. The average molecular weight is 239 g/mol. The van der Waals surface area contributed by atoms with Crippen molar-refractivity contribution in [2.24, 2.45) is 0 Å². The predicted molar refractivity (Wildman–Crippen MR) is 61.6 cm³/mol. The first-order chi connectivity index (χ1) is 7.59. The summed E-state index contributed by atoms with van der Waals surface area (Å²) in [4.78, 5) is 26.2. The summed E-state index contributed by atoms with van der Waals surface area (Å²) in [5.41, 5.74) is 0.522. The maximum Gasteiger partial charge on any atom is 0.331 e. The number of imide groups is 1. The standard InChI is InChI=1S/C11H11ClN2O2/c1-13-6-5-10(15)14(11(13)16)9-4-2-3-8(12)7-9/h2-4,7H,5-6H2,1H3. The maximum absolute atomic E-state index is 11.8. The number of anilines is 1. The Morgan fingerprint density at radius 3 is 2.75 bits per heavy atom. The number of halogens is 1. The molecule has 1 aromatic rings. The lowest BCUT2D eigenvalue weighted by molar-refractivity contribution is -0.119. The van der Waals surface area contributed by atoms with Crippen LogP contribution in [0.1, 0.15) is 6.42 Å². The number of nitrogens with zero attached hydrogens (tertiary/aromatic N) is 2. The summed E-state index contributed by atoms with van der Waals surface area (Å²) in [6, 6.07) is 6.41. The zero-order chi connectivity index (χ0) is 11.7. The SMILES string of the molecule is CN1CCC(=O)N(c2cccc(Cl)c2)C1=O. The Bertz CT molecular complexity index is 447.